The van der Waals surface area contributed by atoms with Crippen molar-refractivity contribution >= 4 is 17.5 Å². The van der Waals surface area contributed by atoms with E-state index in [2.05, 4.69) is 10.2 Å². The molecular formula is C17H25ClN2O3. The SMILES string of the molecule is COCCN1CCC(CNC(=O)C(C)Oc2cccc(Cl)c2)C1. The highest BCUT2D eigenvalue weighted by Gasteiger charge is 2.23. The van der Waals surface area contributed by atoms with Crippen LogP contribution in [0.25, 0.3) is 0 Å². The molecule has 1 amide bonds. The Balaban J connectivity index is 1.70. The van der Waals surface area contributed by atoms with Crippen LogP contribution in [0.1, 0.15) is 13.3 Å². The maximum atomic E-state index is 12.1. The van der Waals surface area contributed by atoms with Crippen LogP contribution in [0.5, 0.6) is 5.75 Å². The first-order valence-corrected chi connectivity index (χ1v) is 8.37. The summed E-state index contributed by atoms with van der Waals surface area (Å²) in [5, 5.41) is 3.58. The fourth-order valence-corrected chi connectivity index (χ4v) is 2.87. The topological polar surface area (TPSA) is 50.8 Å². The summed E-state index contributed by atoms with van der Waals surface area (Å²) in [6, 6.07) is 7.07. The number of halogens is 1. The van der Waals surface area contributed by atoms with Crippen LogP contribution in [-0.4, -0.2) is 56.8 Å². The molecule has 1 aromatic rings. The number of hydrogen-bond acceptors (Lipinski definition) is 4. The summed E-state index contributed by atoms with van der Waals surface area (Å²) < 4.78 is 10.7. The van der Waals surface area contributed by atoms with Gasteiger partial charge < -0.3 is 19.7 Å². The number of benzene rings is 1. The molecule has 0 aromatic heterocycles. The van der Waals surface area contributed by atoms with E-state index in [1.54, 1.807) is 38.3 Å². The molecule has 128 valence electrons. The molecule has 1 aromatic carbocycles. The second kappa shape index (κ2) is 9.11. The normalized spacial score (nSPS) is 19.5. The zero-order valence-electron chi connectivity index (χ0n) is 13.8. The number of rotatable bonds is 8. The van der Waals surface area contributed by atoms with Gasteiger partial charge in [0.2, 0.25) is 0 Å². The van der Waals surface area contributed by atoms with Crippen LogP contribution in [-0.2, 0) is 9.53 Å². The van der Waals surface area contributed by atoms with Gasteiger partial charge >= 0.3 is 0 Å². The van der Waals surface area contributed by atoms with E-state index in [-0.39, 0.29) is 5.91 Å². The van der Waals surface area contributed by atoms with Gasteiger partial charge in [-0.05, 0) is 44.0 Å². The molecule has 1 aliphatic rings. The van der Waals surface area contributed by atoms with E-state index in [0.717, 1.165) is 32.7 Å². The fraction of sp³-hybridized carbons (Fsp3) is 0.588. The molecule has 1 heterocycles. The van der Waals surface area contributed by atoms with Gasteiger partial charge in [-0.15, -0.1) is 0 Å². The number of hydrogen-bond donors (Lipinski definition) is 1. The Morgan fingerprint density at radius 3 is 3.09 bits per heavy atom. The second-order valence-electron chi connectivity index (χ2n) is 5.91. The first-order chi connectivity index (χ1) is 11.1. The Kier molecular flexibility index (Phi) is 7.15. The van der Waals surface area contributed by atoms with Crippen LogP contribution in [0, 0.1) is 5.92 Å². The van der Waals surface area contributed by atoms with Crippen LogP contribution in [0.15, 0.2) is 24.3 Å². The van der Waals surface area contributed by atoms with Crippen molar-refractivity contribution in [2.75, 3.05) is 39.9 Å². The van der Waals surface area contributed by atoms with Crippen LogP contribution in [0.4, 0.5) is 0 Å². The van der Waals surface area contributed by atoms with E-state index >= 15 is 0 Å². The van der Waals surface area contributed by atoms with Crippen molar-refractivity contribution in [3.05, 3.63) is 29.3 Å². The lowest BCUT2D eigenvalue weighted by Gasteiger charge is -2.18. The molecule has 1 aliphatic heterocycles. The maximum absolute atomic E-state index is 12.1. The number of methoxy groups -OCH3 is 1. The molecule has 23 heavy (non-hydrogen) atoms. The number of ether oxygens (including phenoxy) is 2. The summed E-state index contributed by atoms with van der Waals surface area (Å²) >= 11 is 5.91. The second-order valence-corrected chi connectivity index (χ2v) is 6.35. The molecule has 1 fully saturated rings. The Morgan fingerprint density at radius 1 is 1.52 bits per heavy atom. The number of nitrogens with zero attached hydrogens (tertiary/aromatic N) is 1. The average Bonchev–Trinajstić information content (AvgIpc) is 2.98. The first-order valence-electron chi connectivity index (χ1n) is 7.99. The largest absolute Gasteiger partial charge is 0.481 e. The molecule has 0 spiro atoms. The zero-order valence-corrected chi connectivity index (χ0v) is 14.5. The van der Waals surface area contributed by atoms with E-state index in [1.165, 1.54) is 0 Å². The quantitative estimate of drug-likeness (QED) is 0.788. The van der Waals surface area contributed by atoms with E-state index in [9.17, 15) is 4.79 Å². The van der Waals surface area contributed by atoms with E-state index in [0.29, 0.717) is 23.2 Å². The molecule has 2 unspecified atom stereocenters. The number of nitrogens with one attached hydrogen (secondary N) is 1. The summed E-state index contributed by atoms with van der Waals surface area (Å²) in [4.78, 5) is 14.5. The average molecular weight is 341 g/mol. The minimum Gasteiger partial charge on any atom is -0.481 e. The van der Waals surface area contributed by atoms with Crippen LogP contribution in [0.2, 0.25) is 5.02 Å². The van der Waals surface area contributed by atoms with E-state index < -0.39 is 6.10 Å². The van der Waals surface area contributed by atoms with Crippen molar-refractivity contribution in [2.45, 2.75) is 19.4 Å². The van der Waals surface area contributed by atoms with Gasteiger partial charge in [0.25, 0.3) is 5.91 Å². The third kappa shape index (κ3) is 6.01. The van der Waals surface area contributed by atoms with Gasteiger partial charge in [0.05, 0.1) is 6.61 Å². The third-order valence-electron chi connectivity index (χ3n) is 4.02. The lowest BCUT2D eigenvalue weighted by Crippen LogP contribution is -2.39. The first kappa shape index (κ1) is 18.0. The van der Waals surface area contributed by atoms with Crippen LogP contribution < -0.4 is 10.1 Å². The molecule has 1 N–H and O–H groups in total. The van der Waals surface area contributed by atoms with Gasteiger partial charge in [-0.1, -0.05) is 17.7 Å². The maximum Gasteiger partial charge on any atom is 0.260 e. The van der Waals surface area contributed by atoms with Gasteiger partial charge in [0, 0.05) is 31.8 Å². The minimum absolute atomic E-state index is 0.0969. The lowest BCUT2D eigenvalue weighted by atomic mass is 10.1. The molecule has 2 atom stereocenters. The van der Waals surface area contributed by atoms with Crippen molar-refractivity contribution < 1.29 is 14.3 Å². The summed E-state index contributed by atoms with van der Waals surface area (Å²) in [5.41, 5.74) is 0. The molecule has 0 radical (unpaired) electrons. The molecule has 6 heteroatoms. The Morgan fingerprint density at radius 2 is 2.35 bits per heavy atom. The summed E-state index contributed by atoms with van der Waals surface area (Å²) in [7, 11) is 1.72. The Labute approximate surface area is 142 Å². The number of carbonyl (C=O) groups excluding carboxylic acids is 1. The molecule has 0 saturated carbocycles. The smallest absolute Gasteiger partial charge is 0.260 e. The predicted molar refractivity (Wildman–Crippen MR) is 91.0 cm³/mol. The summed E-state index contributed by atoms with van der Waals surface area (Å²) in [5.74, 6) is 1.00. The standard InChI is InChI=1S/C17H25ClN2O3/c1-13(23-16-5-3-4-15(18)10-16)17(21)19-11-14-6-7-20(12-14)8-9-22-2/h3-5,10,13-14H,6-9,11-12H2,1-2H3,(H,19,21). The third-order valence-corrected chi connectivity index (χ3v) is 4.26. The Bertz CT molecular complexity index is 512. The summed E-state index contributed by atoms with van der Waals surface area (Å²) in [6.45, 7) is 6.21. The molecular weight excluding hydrogens is 316 g/mol. The highest BCUT2D eigenvalue weighted by atomic mass is 35.5. The van der Waals surface area contributed by atoms with E-state index in [4.69, 9.17) is 21.1 Å². The molecule has 1 saturated heterocycles. The van der Waals surface area contributed by atoms with Crippen molar-refractivity contribution in [3.63, 3.8) is 0 Å². The monoisotopic (exact) mass is 340 g/mol. The number of carbonyl (C=O) groups is 1. The van der Waals surface area contributed by atoms with Gasteiger partial charge in [0.1, 0.15) is 5.75 Å². The number of amides is 1. The highest BCUT2D eigenvalue weighted by molar-refractivity contribution is 6.30. The highest BCUT2D eigenvalue weighted by Crippen LogP contribution is 2.18. The zero-order chi connectivity index (χ0) is 16.7. The molecule has 0 bridgehead atoms. The van der Waals surface area contributed by atoms with E-state index in [1.807, 2.05) is 0 Å². The molecule has 2 rings (SSSR count). The van der Waals surface area contributed by atoms with Crippen molar-refractivity contribution in [3.8, 4) is 5.75 Å². The van der Waals surface area contributed by atoms with Gasteiger partial charge in [-0.25, -0.2) is 0 Å². The lowest BCUT2D eigenvalue weighted by molar-refractivity contribution is -0.127. The van der Waals surface area contributed by atoms with Crippen molar-refractivity contribution in [2.24, 2.45) is 5.92 Å². The minimum atomic E-state index is -0.542. The van der Waals surface area contributed by atoms with Crippen LogP contribution in [0.3, 0.4) is 0 Å². The molecule has 5 nitrogen and oxygen atoms in total. The van der Waals surface area contributed by atoms with Crippen LogP contribution >= 0.6 is 11.6 Å². The van der Waals surface area contributed by atoms with Gasteiger partial charge in [0.15, 0.2) is 6.10 Å². The van der Waals surface area contributed by atoms with Gasteiger partial charge in [-0.3, -0.25) is 4.79 Å². The van der Waals surface area contributed by atoms with Crippen molar-refractivity contribution in [1.82, 2.24) is 10.2 Å². The van der Waals surface area contributed by atoms with Crippen molar-refractivity contribution in [1.29, 1.82) is 0 Å². The number of likely N-dealkylation sites (tertiary alicyclic amines) is 1. The Hall–Kier alpha value is -1.30. The summed E-state index contributed by atoms with van der Waals surface area (Å²) in [6.07, 6.45) is 0.563. The molecule has 0 aliphatic carbocycles. The van der Waals surface area contributed by atoms with Gasteiger partial charge in [-0.2, -0.15) is 0 Å². The predicted octanol–water partition coefficient (Wildman–Crippen LogP) is 2.19. The fourth-order valence-electron chi connectivity index (χ4n) is 2.69.